The lowest BCUT2D eigenvalue weighted by Gasteiger charge is -2.27. The Kier molecular flexibility index (Phi) is 8.27. The molecule has 0 fully saturated rings. The van der Waals surface area contributed by atoms with Crippen LogP contribution in [-0.4, -0.2) is 26.0 Å². The van der Waals surface area contributed by atoms with Crippen LogP contribution in [0.25, 0.3) is 0 Å². The molecule has 1 aromatic carbocycles. The average Bonchev–Trinajstić information content (AvgIpc) is 2.61. The molecule has 0 N–H and O–H groups in total. The first kappa shape index (κ1) is 19.1. The van der Waals surface area contributed by atoms with E-state index in [1.165, 1.54) is 7.11 Å². The molecule has 0 aliphatic rings. The molecule has 1 unspecified atom stereocenters. The molecular formula is C19H26O4. The second-order valence-electron chi connectivity index (χ2n) is 5.62. The quantitative estimate of drug-likeness (QED) is 0.268. The SMILES string of the molecule is C=CC(CCCC)(CCOCc1ccc(C=O)cc1)C(=O)OC. The Balaban J connectivity index is 2.55. The second kappa shape index (κ2) is 9.95. The normalized spacial score (nSPS) is 13.1. The third-order valence-corrected chi connectivity index (χ3v) is 4.04. The van der Waals surface area contributed by atoms with Crippen LogP contribution in [-0.2, 0) is 20.9 Å². The molecule has 0 aliphatic heterocycles. The Morgan fingerprint density at radius 3 is 2.48 bits per heavy atom. The van der Waals surface area contributed by atoms with Crippen LogP contribution in [0.1, 0.15) is 48.5 Å². The third-order valence-electron chi connectivity index (χ3n) is 4.04. The Labute approximate surface area is 138 Å². The molecule has 1 aromatic rings. The highest BCUT2D eigenvalue weighted by atomic mass is 16.5. The molecule has 0 bridgehead atoms. The van der Waals surface area contributed by atoms with Crippen LogP contribution in [0.2, 0.25) is 0 Å². The van der Waals surface area contributed by atoms with Crippen LogP contribution < -0.4 is 0 Å². The average molecular weight is 318 g/mol. The van der Waals surface area contributed by atoms with Gasteiger partial charge in [0.2, 0.25) is 0 Å². The maximum atomic E-state index is 12.1. The lowest BCUT2D eigenvalue weighted by molar-refractivity contribution is -0.151. The van der Waals surface area contributed by atoms with Crippen molar-refractivity contribution in [2.24, 2.45) is 5.41 Å². The number of carbonyl (C=O) groups is 2. The number of ether oxygens (including phenoxy) is 2. The van der Waals surface area contributed by atoms with Gasteiger partial charge < -0.3 is 9.47 Å². The van der Waals surface area contributed by atoms with Crippen molar-refractivity contribution in [3.8, 4) is 0 Å². The minimum absolute atomic E-state index is 0.250. The van der Waals surface area contributed by atoms with Crippen LogP contribution >= 0.6 is 0 Å². The van der Waals surface area contributed by atoms with Crippen molar-refractivity contribution in [1.29, 1.82) is 0 Å². The molecular weight excluding hydrogens is 292 g/mol. The maximum Gasteiger partial charge on any atom is 0.315 e. The van der Waals surface area contributed by atoms with E-state index >= 15 is 0 Å². The van der Waals surface area contributed by atoms with Crippen molar-refractivity contribution in [2.75, 3.05) is 13.7 Å². The van der Waals surface area contributed by atoms with Crippen molar-refractivity contribution in [3.05, 3.63) is 48.0 Å². The van der Waals surface area contributed by atoms with E-state index in [2.05, 4.69) is 13.5 Å². The zero-order valence-corrected chi connectivity index (χ0v) is 14.0. The first-order chi connectivity index (χ1) is 11.1. The summed E-state index contributed by atoms with van der Waals surface area (Å²) in [6.07, 6.45) is 5.72. The van der Waals surface area contributed by atoms with Gasteiger partial charge in [-0.2, -0.15) is 0 Å². The summed E-state index contributed by atoms with van der Waals surface area (Å²) < 4.78 is 10.6. The van der Waals surface area contributed by atoms with Crippen LogP contribution in [0.15, 0.2) is 36.9 Å². The fraction of sp³-hybridized carbons (Fsp3) is 0.474. The number of methoxy groups -OCH3 is 1. The van der Waals surface area contributed by atoms with Gasteiger partial charge in [0.05, 0.1) is 19.1 Å². The minimum atomic E-state index is -0.674. The first-order valence-corrected chi connectivity index (χ1v) is 7.95. The second-order valence-corrected chi connectivity index (χ2v) is 5.62. The van der Waals surface area contributed by atoms with Crippen molar-refractivity contribution in [2.45, 2.75) is 39.2 Å². The number of aldehydes is 1. The van der Waals surface area contributed by atoms with Gasteiger partial charge in [0.15, 0.2) is 0 Å². The summed E-state index contributed by atoms with van der Waals surface area (Å²) in [6.45, 7) is 6.80. The fourth-order valence-corrected chi connectivity index (χ4v) is 2.45. The van der Waals surface area contributed by atoms with Gasteiger partial charge in [-0.05, 0) is 18.4 Å². The number of hydrogen-bond acceptors (Lipinski definition) is 4. The van der Waals surface area contributed by atoms with Gasteiger partial charge in [0, 0.05) is 12.2 Å². The number of rotatable bonds is 11. The topological polar surface area (TPSA) is 52.6 Å². The lowest BCUT2D eigenvalue weighted by atomic mass is 9.80. The number of carbonyl (C=O) groups excluding carboxylic acids is 2. The Hall–Kier alpha value is -1.94. The molecule has 0 spiro atoms. The molecule has 126 valence electrons. The van der Waals surface area contributed by atoms with Crippen LogP contribution in [0.4, 0.5) is 0 Å². The summed E-state index contributed by atoms with van der Waals surface area (Å²) in [4.78, 5) is 22.7. The predicted molar refractivity (Wildman–Crippen MR) is 90.3 cm³/mol. The van der Waals surface area contributed by atoms with Gasteiger partial charge in [-0.1, -0.05) is 50.1 Å². The highest BCUT2D eigenvalue weighted by Crippen LogP contribution is 2.32. The summed E-state index contributed by atoms with van der Waals surface area (Å²) >= 11 is 0. The van der Waals surface area contributed by atoms with Gasteiger partial charge >= 0.3 is 5.97 Å². The summed E-state index contributed by atoms with van der Waals surface area (Å²) in [5.74, 6) is -0.250. The van der Waals surface area contributed by atoms with E-state index in [9.17, 15) is 9.59 Å². The third kappa shape index (κ3) is 5.64. The van der Waals surface area contributed by atoms with Gasteiger partial charge in [-0.25, -0.2) is 0 Å². The summed E-state index contributed by atoms with van der Waals surface area (Å²) in [6, 6.07) is 7.24. The molecule has 0 aliphatic carbocycles. The number of esters is 1. The fourth-order valence-electron chi connectivity index (χ4n) is 2.45. The van der Waals surface area contributed by atoms with E-state index in [0.29, 0.717) is 25.2 Å². The van der Waals surface area contributed by atoms with Gasteiger partial charge in [0.1, 0.15) is 6.29 Å². The molecule has 1 rings (SSSR count). The van der Waals surface area contributed by atoms with E-state index in [-0.39, 0.29) is 5.97 Å². The standard InChI is InChI=1S/C19H26O4/c1-4-6-11-19(5-2,18(21)22-3)12-13-23-15-17-9-7-16(14-20)8-10-17/h5,7-10,14H,2,4,6,11-13,15H2,1,3H3. The molecule has 0 heterocycles. The molecule has 0 saturated heterocycles. The molecule has 0 aromatic heterocycles. The summed E-state index contributed by atoms with van der Waals surface area (Å²) in [5.41, 5.74) is 0.961. The Bertz CT molecular complexity index is 507. The predicted octanol–water partition coefficient (Wildman–Crippen LogP) is 3.94. The van der Waals surface area contributed by atoms with Crippen LogP contribution in [0.3, 0.4) is 0 Å². The zero-order chi connectivity index (χ0) is 17.1. The van der Waals surface area contributed by atoms with E-state index in [1.54, 1.807) is 18.2 Å². The number of unbranched alkanes of at least 4 members (excludes halogenated alkanes) is 1. The Morgan fingerprint density at radius 1 is 1.26 bits per heavy atom. The van der Waals surface area contributed by atoms with Crippen molar-refractivity contribution in [1.82, 2.24) is 0 Å². The highest BCUT2D eigenvalue weighted by molar-refractivity contribution is 5.78. The molecule has 0 radical (unpaired) electrons. The van der Waals surface area contributed by atoms with Gasteiger partial charge in [-0.15, -0.1) is 6.58 Å². The molecule has 0 amide bonds. The van der Waals surface area contributed by atoms with Crippen molar-refractivity contribution >= 4 is 12.3 Å². The summed E-state index contributed by atoms with van der Waals surface area (Å²) in [5, 5.41) is 0. The molecule has 0 saturated carbocycles. The van der Waals surface area contributed by atoms with Gasteiger partial charge in [0.25, 0.3) is 0 Å². The van der Waals surface area contributed by atoms with E-state index in [0.717, 1.165) is 31.1 Å². The van der Waals surface area contributed by atoms with Crippen molar-refractivity contribution in [3.63, 3.8) is 0 Å². The molecule has 1 atom stereocenters. The van der Waals surface area contributed by atoms with E-state index in [1.807, 2.05) is 12.1 Å². The zero-order valence-electron chi connectivity index (χ0n) is 14.0. The summed E-state index contributed by atoms with van der Waals surface area (Å²) in [7, 11) is 1.40. The van der Waals surface area contributed by atoms with Crippen LogP contribution in [0, 0.1) is 5.41 Å². The van der Waals surface area contributed by atoms with E-state index < -0.39 is 5.41 Å². The molecule has 4 nitrogen and oxygen atoms in total. The smallest absolute Gasteiger partial charge is 0.315 e. The Morgan fingerprint density at radius 2 is 1.96 bits per heavy atom. The highest BCUT2D eigenvalue weighted by Gasteiger charge is 2.35. The number of benzene rings is 1. The minimum Gasteiger partial charge on any atom is -0.468 e. The van der Waals surface area contributed by atoms with E-state index in [4.69, 9.17) is 9.47 Å². The lowest BCUT2D eigenvalue weighted by Crippen LogP contribution is -2.31. The van der Waals surface area contributed by atoms with Crippen LogP contribution in [0.5, 0.6) is 0 Å². The van der Waals surface area contributed by atoms with Gasteiger partial charge in [-0.3, -0.25) is 9.59 Å². The largest absolute Gasteiger partial charge is 0.468 e. The first-order valence-electron chi connectivity index (χ1n) is 7.95. The monoisotopic (exact) mass is 318 g/mol. The maximum absolute atomic E-state index is 12.1. The molecule has 4 heteroatoms. The number of hydrogen-bond donors (Lipinski definition) is 0. The molecule has 23 heavy (non-hydrogen) atoms. The van der Waals surface area contributed by atoms with Crippen molar-refractivity contribution < 1.29 is 19.1 Å².